The summed E-state index contributed by atoms with van der Waals surface area (Å²) in [7, 11) is 2.22. The first-order valence-corrected chi connectivity index (χ1v) is 5.15. The molecule has 0 saturated heterocycles. The molecule has 12 heavy (non-hydrogen) atoms. The van der Waals surface area contributed by atoms with Gasteiger partial charge in [-0.15, -0.1) is 0 Å². The lowest BCUT2D eigenvalue weighted by molar-refractivity contribution is 0.224. The minimum absolute atomic E-state index is 0.346. The second kappa shape index (κ2) is 5.55. The molecule has 1 fully saturated rings. The molecule has 0 aromatic heterocycles. The quantitative estimate of drug-likeness (QED) is 0.636. The molecular weight excluding hydrogens is 150 g/mol. The molecule has 1 aliphatic carbocycles. The Kier molecular flexibility index (Phi) is 4.62. The predicted molar refractivity (Wildman–Crippen MR) is 51.2 cm³/mol. The first-order chi connectivity index (χ1) is 5.84. The van der Waals surface area contributed by atoms with Crippen molar-refractivity contribution in [2.45, 2.75) is 44.6 Å². The van der Waals surface area contributed by atoms with Gasteiger partial charge in [0.1, 0.15) is 0 Å². The second-order valence-corrected chi connectivity index (χ2v) is 3.85. The largest absolute Gasteiger partial charge is 0.396 e. The van der Waals surface area contributed by atoms with E-state index in [0.29, 0.717) is 6.61 Å². The third kappa shape index (κ3) is 3.11. The maximum absolute atomic E-state index is 8.63. The van der Waals surface area contributed by atoms with Gasteiger partial charge in [-0.2, -0.15) is 0 Å². The molecule has 1 aliphatic rings. The fourth-order valence-electron chi connectivity index (χ4n) is 2.00. The Balaban J connectivity index is 2.05. The fourth-order valence-corrected chi connectivity index (χ4v) is 2.00. The molecule has 2 heteroatoms. The van der Waals surface area contributed by atoms with Crippen LogP contribution >= 0.6 is 0 Å². The van der Waals surface area contributed by atoms with E-state index in [9.17, 15) is 0 Å². The Morgan fingerprint density at radius 1 is 1.25 bits per heavy atom. The van der Waals surface area contributed by atoms with E-state index >= 15 is 0 Å². The number of aliphatic hydroxyl groups excluding tert-OH is 1. The van der Waals surface area contributed by atoms with Crippen LogP contribution in [0.5, 0.6) is 0 Å². The highest BCUT2D eigenvalue weighted by Crippen LogP contribution is 2.22. The number of hydrogen-bond donors (Lipinski definition) is 1. The van der Waals surface area contributed by atoms with E-state index in [1.807, 2.05) is 0 Å². The van der Waals surface area contributed by atoms with E-state index < -0.39 is 0 Å². The van der Waals surface area contributed by atoms with Gasteiger partial charge in [-0.3, -0.25) is 0 Å². The zero-order valence-corrected chi connectivity index (χ0v) is 8.13. The lowest BCUT2D eigenvalue weighted by atomic mass is 10.2. The van der Waals surface area contributed by atoms with Crippen molar-refractivity contribution in [1.29, 1.82) is 0 Å². The number of aliphatic hydroxyl groups is 1. The lowest BCUT2D eigenvalue weighted by Crippen LogP contribution is -2.30. The molecule has 72 valence electrons. The minimum atomic E-state index is 0.346. The fraction of sp³-hybridized carbons (Fsp3) is 1.00. The highest BCUT2D eigenvalue weighted by molar-refractivity contribution is 4.74. The molecule has 0 unspecified atom stereocenters. The molecule has 0 aromatic rings. The molecule has 0 atom stereocenters. The molecule has 0 radical (unpaired) electrons. The van der Waals surface area contributed by atoms with Crippen molar-refractivity contribution in [3.63, 3.8) is 0 Å². The smallest absolute Gasteiger partial charge is 0.0431 e. The maximum Gasteiger partial charge on any atom is 0.0431 e. The molecular formula is C10H21NO. The highest BCUT2D eigenvalue weighted by Gasteiger charge is 2.18. The molecule has 1 saturated carbocycles. The van der Waals surface area contributed by atoms with Crippen LogP contribution in [0.2, 0.25) is 0 Å². The standard InChI is InChI=1S/C10H21NO/c1-11(8-4-5-9-12)10-6-2-3-7-10/h10,12H,2-9H2,1H3. The zero-order valence-electron chi connectivity index (χ0n) is 8.13. The van der Waals surface area contributed by atoms with Gasteiger partial charge in [0.25, 0.3) is 0 Å². The van der Waals surface area contributed by atoms with Gasteiger partial charge in [0.2, 0.25) is 0 Å². The van der Waals surface area contributed by atoms with Gasteiger partial charge in [0, 0.05) is 12.6 Å². The van der Waals surface area contributed by atoms with E-state index in [1.165, 1.54) is 25.7 Å². The van der Waals surface area contributed by atoms with Crippen LogP contribution in [0.1, 0.15) is 38.5 Å². The van der Waals surface area contributed by atoms with Gasteiger partial charge < -0.3 is 10.0 Å². The maximum atomic E-state index is 8.63. The highest BCUT2D eigenvalue weighted by atomic mass is 16.2. The Morgan fingerprint density at radius 2 is 1.92 bits per heavy atom. The number of unbranched alkanes of at least 4 members (excludes halogenated alkanes) is 1. The Bertz CT molecular complexity index is 110. The number of nitrogens with zero attached hydrogens (tertiary/aromatic N) is 1. The van der Waals surface area contributed by atoms with Gasteiger partial charge in [-0.05, 0) is 39.3 Å². The van der Waals surface area contributed by atoms with E-state index in [0.717, 1.165) is 25.4 Å². The van der Waals surface area contributed by atoms with Crippen LogP contribution < -0.4 is 0 Å². The first-order valence-electron chi connectivity index (χ1n) is 5.15. The van der Waals surface area contributed by atoms with Crippen molar-refractivity contribution in [3.8, 4) is 0 Å². The minimum Gasteiger partial charge on any atom is -0.396 e. The lowest BCUT2D eigenvalue weighted by Gasteiger charge is -2.23. The molecule has 0 amide bonds. The first kappa shape index (κ1) is 10.0. The monoisotopic (exact) mass is 171 g/mol. The molecule has 0 aliphatic heterocycles. The Hall–Kier alpha value is -0.0800. The van der Waals surface area contributed by atoms with Crippen LogP contribution in [0.15, 0.2) is 0 Å². The molecule has 1 rings (SSSR count). The summed E-state index contributed by atoms with van der Waals surface area (Å²) in [5, 5.41) is 8.63. The Morgan fingerprint density at radius 3 is 2.50 bits per heavy atom. The van der Waals surface area contributed by atoms with Crippen molar-refractivity contribution < 1.29 is 5.11 Å². The third-order valence-electron chi connectivity index (χ3n) is 2.87. The average Bonchev–Trinajstić information content (AvgIpc) is 2.56. The number of rotatable bonds is 5. The topological polar surface area (TPSA) is 23.5 Å². The van der Waals surface area contributed by atoms with Crippen LogP contribution in [0.4, 0.5) is 0 Å². The normalized spacial score (nSPS) is 19.2. The zero-order chi connectivity index (χ0) is 8.81. The molecule has 1 N–H and O–H groups in total. The van der Waals surface area contributed by atoms with Crippen LogP contribution in [0.25, 0.3) is 0 Å². The summed E-state index contributed by atoms with van der Waals surface area (Å²) in [6.45, 7) is 1.50. The molecule has 0 bridgehead atoms. The second-order valence-electron chi connectivity index (χ2n) is 3.85. The van der Waals surface area contributed by atoms with Crippen LogP contribution in [0, 0.1) is 0 Å². The van der Waals surface area contributed by atoms with E-state index in [1.54, 1.807) is 0 Å². The number of hydrogen-bond acceptors (Lipinski definition) is 2. The third-order valence-corrected chi connectivity index (χ3v) is 2.87. The van der Waals surface area contributed by atoms with E-state index in [-0.39, 0.29) is 0 Å². The summed E-state index contributed by atoms with van der Waals surface area (Å²) < 4.78 is 0. The van der Waals surface area contributed by atoms with E-state index in [2.05, 4.69) is 11.9 Å². The summed E-state index contributed by atoms with van der Waals surface area (Å²) >= 11 is 0. The predicted octanol–water partition coefficient (Wildman–Crippen LogP) is 1.63. The van der Waals surface area contributed by atoms with Crippen LogP contribution in [0.3, 0.4) is 0 Å². The van der Waals surface area contributed by atoms with Crippen molar-refractivity contribution >= 4 is 0 Å². The summed E-state index contributed by atoms with van der Waals surface area (Å²) in [5.41, 5.74) is 0. The molecule has 0 heterocycles. The van der Waals surface area contributed by atoms with Gasteiger partial charge in [0.15, 0.2) is 0 Å². The molecule has 0 spiro atoms. The summed E-state index contributed by atoms with van der Waals surface area (Å²) in [6, 6.07) is 0.837. The van der Waals surface area contributed by atoms with Crippen LogP contribution in [-0.2, 0) is 0 Å². The van der Waals surface area contributed by atoms with E-state index in [4.69, 9.17) is 5.11 Å². The SMILES string of the molecule is CN(CCCCO)C1CCCC1. The Labute approximate surface area is 75.6 Å². The van der Waals surface area contributed by atoms with Crippen molar-refractivity contribution in [2.24, 2.45) is 0 Å². The van der Waals surface area contributed by atoms with Gasteiger partial charge >= 0.3 is 0 Å². The average molecular weight is 171 g/mol. The van der Waals surface area contributed by atoms with Crippen molar-refractivity contribution in [2.75, 3.05) is 20.2 Å². The molecule has 0 aromatic carbocycles. The summed E-state index contributed by atoms with van der Waals surface area (Å²) in [6.07, 6.45) is 7.69. The summed E-state index contributed by atoms with van der Waals surface area (Å²) in [4.78, 5) is 2.46. The van der Waals surface area contributed by atoms with Crippen molar-refractivity contribution in [1.82, 2.24) is 4.90 Å². The summed E-state index contributed by atoms with van der Waals surface area (Å²) in [5.74, 6) is 0. The van der Waals surface area contributed by atoms with Gasteiger partial charge in [-0.25, -0.2) is 0 Å². The van der Waals surface area contributed by atoms with Crippen LogP contribution in [-0.4, -0.2) is 36.2 Å². The van der Waals surface area contributed by atoms with Crippen molar-refractivity contribution in [3.05, 3.63) is 0 Å². The van der Waals surface area contributed by atoms with Gasteiger partial charge in [-0.1, -0.05) is 12.8 Å². The van der Waals surface area contributed by atoms with Gasteiger partial charge in [0.05, 0.1) is 0 Å². The molecule has 2 nitrogen and oxygen atoms in total.